The molecule has 0 radical (unpaired) electrons. The molecule has 0 aliphatic heterocycles. The molecule has 17 heavy (non-hydrogen) atoms. The first kappa shape index (κ1) is 11.8. The summed E-state index contributed by atoms with van der Waals surface area (Å²) in [7, 11) is 1.66. The topological polar surface area (TPSA) is 9.23 Å². The Bertz CT molecular complexity index is 488. The molecule has 0 atom stereocenters. The average molecular weight is 242 g/mol. The Balaban J connectivity index is 2.09. The van der Waals surface area contributed by atoms with Crippen LogP contribution in [0.5, 0.6) is 5.75 Å². The van der Waals surface area contributed by atoms with Gasteiger partial charge in [0, 0.05) is 11.3 Å². The maximum absolute atomic E-state index is 5.44. The first-order valence-electron chi connectivity index (χ1n) is 5.51. The predicted molar refractivity (Wildman–Crippen MR) is 74.8 cm³/mol. The van der Waals surface area contributed by atoms with Crippen LogP contribution in [0.2, 0.25) is 0 Å². The highest BCUT2D eigenvalue weighted by atomic mass is 32.1. The van der Waals surface area contributed by atoms with Crippen LogP contribution in [0, 0.1) is 0 Å². The van der Waals surface area contributed by atoms with Gasteiger partial charge >= 0.3 is 0 Å². The van der Waals surface area contributed by atoms with Crippen LogP contribution < -0.4 is 4.74 Å². The van der Waals surface area contributed by atoms with Crippen molar-refractivity contribution in [3.8, 4) is 5.75 Å². The zero-order valence-electron chi connectivity index (χ0n) is 9.72. The van der Waals surface area contributed by atoms with Gasteiger partial charge in [0.1, 0.15) is 5.75 Å². The molecule has 0 fully saturated rings. The zero-order chi connectivity index (χ0) is 12.1. The summed E-state index contributed by atoms with van der Waals surface area (Å²) < 4.78 is 5.12. The molecule has 1 nitrogen and oxygen atoms in total. The van der Waals surface area contributed by atoms with E-state index in [0.29, 0.717) is 0 Å². The van der Waals surface area contributed by atoms with E-state index in [4.69, 9.17) is 17.0 Å². The zero-order valence-corrected chi connectivity index (χ0v) is 10.5. The fourth-order valence-electron chi connectivity index (χ4n) is 1.66. The molecule has 0 saturated heterocycles. The van der Waals surface area contributed by atoms with Crippen molar-refractivity contribution in [1.29, 1.82) is 0 Å². The van der Waals surface area contributed by atoms with Crippen molar-refractivity contribution in [1.82, 2.24) is 0 Å². The van der Waals surface area contributed by atoms with Crippen molar-refractivity contribution in [2.24, 2.45) is 0 Å². The van der Waals surface area contributed by atoms with E-state index in [0.717, 1.165) is 22.6 Å². The van der Waals surface area contributed by atoms with Crippen LogP contribution in [0.1, 0.15) is 11.1 Å². The third kappa shape index (κ3) is 3.14. The molecule has 0 unspecified atom stereocenters. The number of thiocarbonyl (C=S) groups is 1. The Morgan fingerprint density at radius 1 is 1.00 bits per heavy atom. The summed E-state index contributed by atoms with van der Waals surface area (Å²) in [6.45, 7) is 0. The highest BCUT2D eigenvalue weighted by molar-refractivity contribution is 7.80. The van der Waals surface area contributed by atoms with Gasteiger partial charge in [0.25, 0.3) is 0 Å². The standard InChI is InChI=1S/C15H14OS/c1-16-14-9-7-13(8-10-14)15(17)11-12-5-3-2-4-6-12/h2-10H,11H2,1H3. The van der Waals surface area contributed by atoms with Gasteiger partial charge in [0.2, 0.25) is 0 Å². The van der Waals surface area contributed by atoms with Crippen LogP contribution in [0.25, 0.3) is 0 Å². The lowest BCUT2D eigenvalue weighted by atomic mass is 10.0. The monoisotopic (exact) mass is 242 g/mol. The number of hydrogen-bond acceptors (Lipinski definition) is 2. The molecule has 2 rings (SSSR count). The molecule has 0 aliphatic rings. The summed E-state index contributed by atoms with van der Waals surface area (Å²) in [5, 5.41) is 0. The molecule has 2 heteroatoms. The smallest absolute Gasteiger partial charge is 0.118 e. The second kappa shape index (κ2) is 5.60. The lowest BCUT2D eigenvalue weighted by Crippen LogP contribution is -2.01. The number of ether oxygens (including phenoxy) is 1. The molecule has 0 heterocycles. The van der Waals surface area contributed by atoms with Gasteiger partial charge in [-0.15, -0.1) is 0 Å². The van der Waals surface area contributed by atoms with Crippen LogP contribution in [0.4, 0.5) is 0 Å². The summed E-state index contributed by atoms with van der Waals surface area (Å²) in [5.41, 5.74) is 2.33. The van der Waals surface area contributed by atoms with Crippen molar-refractivity contribution in [3.63, 3.8) is 0 Å². The van der Waals surface area contributed by atoms with Crippen LogP contribution in [0.15, 0.2) is 54.6 Å². The molecule has 2 aromatic carbocycles. The van der Waals surface area contributed by atoms with Crippen LogP contribution in [0.3, 0.4) is 0 Å². The van der Waals surface area contributed by atoms with E-state index in [1.807, 2.05) is 42.5 Å². The van der Waals surface area contributed by atoms with E-state index >= 15 is 0 Å². The molecule has 0 spiro atoms. The van der Waals surface area contributed by atoms with Crippen LogP contribution in [-0.4, -0.2) is 12.0 Å². The van der Waals surface area contributed by atoms with E-state index < -0.39 is 0 Å². The molecule has 0 aliphatic carbocycles. The van der Waals surface area contributed by atoms with Crippen molar-refractivity contribution in [3.05, 3.63) is 65.7 Å². The first-order chi connectivity index (χ1) is 8.29. The highest BCUT2D eigenvalue weighted by Gasteiger charge is 2.02. The van der Waals surface area contributed by atoms with Gasteiger partial charge in [-0.2, -0.15) is 0 Å². The van der Waals surface area contributed by atoms with Crippen molar-refractivity contribution >= 4 is 17.1 Å². The highest BCUT2D eigenvalue weighted by Crippen LogP contribution is 2.14. The Kier molecular flexibility index (Phi) is 3.89. The molecule has 0 N–H and O–H groups in total. The van der Waals surface area contributed by atoms with Gasteiger partial charge in [0.15, 0.2) is 0 Å². The van der Waals surface area contributed by atoms with E-state index in [2.05, 4.69) is 12.1 Å². The van der Waals surface area contributed by atoms with Gasteiger partial charge in [-0.1, -0.05) is 54.7 Å². The minimum Gasteiger partial charge on any atom is -0.497 e. The second-order valence-corrected chi connectivity index (χ2v) is 4.31. The molecular weight excluding hydrogens is 228 g/mol. The third-order valence-electron chi connectivity index (χ3n) is 2.62. The minimum atomic E-state index is 0.808. The fourth-order valence-corrected chi connectivity index (χ4v) is 1.96. The molecule has 0 aromatic heterocycles. The quantitative estimate of drug-likeness (QED) is 0.598. The van der Waals surface area contributed by atoms with Gasteiger partial charge < -0.3 is 4.74 Å². The number of methoxy groups -OCH3 is 1. The lowest BCUT2D eigenvalue weighted by Gasteiger charge is -2.05. The average Bonchev–Trinajstić information content (AvgIpc) is 2.40. The Hall–Kier alpha value is -1.67. The van der Waals surface area contributed by atoms with Crippen LogP contribution >= 0.6 is 12.2 Å². The van der Waals surface area contributed by atoms with Gasteiger partial charge in [0.05, 0.1) is 7.11 Å². The summed E-state index contributed by atoms with van der Waals surface area (Å²) in [6, 6.07) is 18.1. The Morgan fingerprint density at radius 2 is 1.65 bits per heavy atom. The molecule has 0 bridgehead atoms. The van der Waals surface area contributed by atoms with Gasteiger partial charge in [-0.25, -0.2) is 0 Å². The summed E-state index contributed by atoms with van der Waals surface area (Å²) in [4.78, 5) is 0.957. The van der Waals surface area contributed by atoms with E-state index in [1.165, 1.54) is 5.56 Å². The van der Waals surface area contributed by atoms with Gasteiger partial charge in [-0.3, -0.25) is 0 Å². The van der Waals surface area contributed by atoms with E-state index in [-0.39, 0.29) is 0 Å². The van der Waals surface area contributed by atoms with Crippen LogP contribution in [-0.2, 0) is 6.42 Å². The summed E-state index contributed by atoms with van der Waals surface area (Å²) in [5.74, 6) is 0.858. The lowest BCUT2D eigenvalue weighted by molar-refractivity contribution is 0.415. The Labute approximate surface area is 107 Å². The molecular formula is C15H14OS. The van der Waals surface area contributed by atoms with Crippen molar-refractivity contribution < 1.29 is 4.74 Å². The summed E-state index contributed by atoms with van der Waals surface area (Å²) in [6.07, 6.45) is 0.808. The minimum absolute atomic E-state index is 0.808. The second-order valence-electron chi connectivity index (χ2n) is 3.81. The first-order valence-corrected chi connectivity index (χ1v) is 5.91. The molecule has 2 aromatic rings. The maximum Gasteiger partial charge on any atom is 0.118 e. The van der Waals surface area contributed by atoms with E-state index in [9.17, 15) is 0 Å². The molecule has 0 saturated carbocycles. The normalized spacial score (nSPS) is 9.94. The van der Waals surface area contributed by atoms with Crippen molar-refractivity contribution in [2.75, 3.05) is 7.11 Å². The molecule has 0 amide bonds. The van der Waals surface area contributed by atoms with E-state index in [1.54, 1.807) is 7.11 Å². The fraction of sp³-hybridized carbons (Fsp3) is 0.133. The molecule has 86 valence electrons. The largest absolute Gasteiger partial charge is 0.497 e. The third-order valence-corrected chi connectivity index (χ3v) is 3.00. The van der Waals surface area contributed by atoms with Crippen molar-refractivity contribution in [2.45, 2.75) is 6.42 Å². The van der Waals surface area contributed by atoms with Gasteiger partial charge in [-0.05, 0) is 23.3 Å². The number of rotatable bonds is 4. The predicted octanol–water partition coefficient (Wildman–Crippen LogP) is 3.66. The SMILES string of the molecule is COc1ccc(C(=S)Cc2ccccc2)cc1. The number of benzene rings is 2. The number of hydrogen-bond donors (Lipinski definition) is 0. The summed E-state index contributed by atoms with van der Waals surface area (Å²) >= 11 is 5.44. The maximum atomic E-state index is 5.44. The Morgan fingerprint density at radius 3 is 2.24 bits per heavy atom.